The van der Waals surface area contributed by atoms with Crippen LogP contribution in [0.2, 0.25) is 0 Å². The predicted octanol–water partition coefficient (Wildman–Crippen LogP) is 5.42. The zero-order valence-corrected chi connectivity index (χ0v) is 12.5. The SMILES string of the molecule is Cc1cc(-c2cc(C)c(O)cc2C(F)(F)F)c(C(F)(F)F)cc1O. The average Bonchev–Trinajstić information content (AvgIpc) is 2.41. The van der Waals surface area contributed by atoms with Crippen LogP contribution < -0.4 is 0 Å². The summed E-state index contributed by atoms with van der Waals surface area (Å²) in [5, 5.41) is 19.0. The molecular formula is C16H12F6O2. The van der Waals surface area contributed by atoms with Crippen LogP contribution >= 0.6 is 0 Å². The lowest BCUT2D eigenvalue weighted by atomic mass is 9.91. The van der Waals surface area contributed by atoms with Crippen LogP contribution in [0, 0.1) is 13.8 Å². The van der Waals surface area contributed by atoms with Crippen molar-refractivity contribution in [2.24, 2.45) is 0 Å². The molecule has 2 nitrogen and oxygen atoms in total. The standard InChI is InChI=1S/C16H12F6O2/c1-7-3-9(11(5-13(7)23)15(17,18)19)10-4-8(2)14(24)6-12(10)16(20,21)22/h3-6,23-24H,1-2H3. The lowest BCUT2D eigenvalue weighted by molar-refractivity contribution is -0.139. The molecular weight excluding hydrogens is 338 g/mol. The third-order valence-corrected chi connectivity index (χ3v) is 3.57. The summed E-state index contributed by atoms with van der Waals surface area (Å²) in [6.45, 7) is 2.55. The Balaban J connectivity index is 2.91. The van der Waals surface area contributed by atoms with Gasteiger partial charge < -0.3 is 10.2 Å². The maximum absolute atomic E-state index is 13.2. The van der Waals surface area contributed by atoms with Crippen molar-refractivity contribution >= 4 is 0 Å². The lowest BCUT2D eigenvalue weighted by Gasteiger charge is -2.19. The van der Waals surface area contributed by atoms with Crippen LogP contribution in [-0.4, -0.2) is 10.2 Å². The number of benzene rings is 2. The Bertz CT molecular complexity index is 723. The Morgan fingerprint density at radius 2 is 0.917 bits per heavy atom. The number of aromatic hydroxyl groups is 2. The number of phenols is 2. The minimum Gasteiger partial charge on any atom is -0.508 e. The van der Waals surface area contributed by atoms with Crippen molar-refractivity contribution in [1.29, 1.82) is 0 Å². The fourth-order valence-corrected chi connectivity index (χ4v) is 2.31. The molecule has 2 N–H and O–H groups in total. The van der Waals surface area contributed by atoms with Gasteiger partial charge in [0, 0.05) is 0 Å². The van der Waals surface area contributed by atoms with Gasteiger partial charge in [0.05, 0.1) is 11.1 Å². The Morgan fingerprint density at radius 3 is 1.17 bits per heavy atom. The Kier molecular flexibility index (Phi) is 4.20. The van der Waals surface area contributed by atoms with Crippen LogP contribution in [0.15, 0.2) is 24.3 Å². The summed E-state index contributed by atoms with van der Waals surface area (Å²) >= 11 is 0. The number of halogens is 6. The molecule has 0 aromatic heterocycles. The number of hydrogen-bond donors (Lipinski definition) is 2. The van der Waals surface area contributed by atoms with Crippen LogP contribution in [-0.2, 0) is 12.4 Å². The Hall–Kier alpha value is -2.38. The molecule has 0 amide bonds. The Morgan fingerprint density at radius 1 is 0.625 bits per heavy atom. The van der Waals surface area contributed by atoms with Crippen LogP contribution in [0.25, 0.3) is 11.1 Å². The van der Waals surface area contributed by atoms with E-state index in [1.807, 2.05) is 0 Å². The van der Waals surface area contributed by atoms with Crippen molar-refractivity contribution in [2.75, 3.05) is 0 Å². The third-order valence-electron chi connectivity index (χ3n) is 3.57. The molecule has 0 atom stereocenters. The fraction of sp³-hybridized carbons (Fsp3) is 0.250. The zero-order valence-electron chi connectivity index (χ0n) is 12.5. The number of hydrogen-bond acceptors (Lipinski definition) is 2. The highest BCUT2D eigenvalue weighted by Crippen LogP contribution is 2.46. The van der Waals surface area contributed by atoms with E-state index < -0.39 is 46.1 Å². The molecule has 0 saturated carbocycles. The maximum atomic E-state index is 13.2. The van der Waals surface area contributed by atoms with Gasteiger partial charge in [-0.25, -0.2) is 0 Å². The monoisotopic (exact) mass is 350 g/mol. The fourth-order valence-electron chi connectivity index (χ4n) is 2.31. The molecule has 0 radical (unpaired) electrons. The van der Waals surface area contributed by atoms with Crippen LogP contribution in [0.5, 0.6) is 11.5 Å². The minimum atomic E-state index is -4.96. The van der Waals surface area contributed by atoms with Crippen LogP contribution in [0.1, 0.15) is 22.3 Å². The molecule has 0 aliphatic carbocycles. The van der Waals surface area contributed by atoms with Crippen molar-refractivity contribution in [1.82, 2.24) is 0 Å². The zero-order chi connectivity index (χ0) is 18.4. The van der Waals surface area contributed by atoms with E-state index in [2.05, 4.69) is 0 Å². The molecule has 0 aliphatic heterocycles. The summed E-state index contributed by atoms with van der Waals surface area (Å²) in [4.78, 5) is 0. The van der Waals surface area contributed by atoms with Gasteiger partial charge in [0.1, 0.15) is 11.5 Å². The lowest BCUT2D eigenvalue weighted by Crippen LogP contribution is -2.12. The van der Waals surface area contributed by atoms with Gasteiger partial charge in [-0.1, -0.05) is 0 Å². The summed E-state index contributed by atoms with van der Waals surface area (Å²) < 4.78 is 79.3. The largest absolute Gasteiger partial charge is 0.508 e. The van der Waals surface area contributed by atoms with Crippen molar-refractivity contribution in [3.63, 3.8) is 0 Å². The summed E-state index contributed by atoms with van der Waals surface area (Å²) in [6, 6.07) is 2.48. The predicted molar refractivity (Wildman–Crippen MR) is 74.7 cm³/mol. The summed E-state index contributed by atoms with van der Waals surface area (Å²) in [7, 11) is 0. The summed E-state index contributed by atoms with van der Waals surface area (Å²) in [5.41, 5.74) is -4.21. The summed E-state index contributed by atoms with van der Waals surface area (Å²) in [6.07, 6.45) is -9.93. The molecule has 0 heterocycles. The normalized spacial score (nSPS) is 12.5. The molecule has 24 heavy (non-hydrogen) atoms. The molecule has 0 saturated heterocycles. The molecule has 8 heteroatoms. The smallest absolute Gasteiger partial charge is 0.417 e. The summed E-state index contributed by atoms with van der Waals surface area (Å²) in [5.74, 6) is -1.34. The number of phenolic OH excluding ortho intramolecular Hbond substituents is 2. The molecule has 130 valence electrons. The second-order valence-corrected chi connectivity index (χ2v) is 5.36. The highest BCUT2D eigenvalue weighted by atomic mass is 19.4. The van der Waals surface area contributed by atoms with Gasteiger partial charge >= 0.3 is 12.4 Å². The van der Waals surface area contributed by atoms with E-state index in [1.165, 1.54) is 13.8 Å². The highest BCUT2D eigenvalue weighted by Gasteiger charge is 2.39. The third kappa shape index (κ3) is 3.27. The second kappa shape index (κ2) is 5.61. The van der Waals surface area contributed by atoms with Crippen molar-refractivity contribution in [3.05, 3.63) is 46.5 Å². The highest BCUT2D eigenvalue weighted by molar-refractivity contribution is 5.75. The molecule has 2 rings (SSSR count). The van der Waals surface area contributed by atoms with Crippen LogP contribution in [0.4, 0.5) is 26.3 Å². The van der Waals surface area contributed by atoms with E-state index in [9.17, 15) is 36.6 Å². The maximum Gasteiger partial charge on any atom is 0.417 e. The quantitative estimate of drug-likeness (QED) is 0.674. The van der Waals surface area contributed by atoms with Gasteiger partial charge in [-0.2, -0.15) is 26.3 Å². The molecule has 0 bridgehead atoms. The molecule has 0 aliphatic rings. The molecule has 2 aromatic carbocycles. The van der Waals surface area contributed by atoms with Gasteiger partial charge in [-0.3, -0.25) is 0 Å². The van der Waals surface area contributed by atoms with E-state index in [0.717, 1.165) is 12.1 Å². The van der Waals surface area contributed by atoms with Crippen molar-refractivity contribution in [2.45, 2.75) is 26.2 Å². The molecule has 0 unspecified atom stereocenters. The Labute approximate surface area is 133 Å². The van der Waals surface area contributed by atoms with E-state index >= 15 is 0 Å². The first-order valence-corrected chi connectivity index (χ1v) is 6.64. The van der Waals surface area contributed by atoms with Crippen LogP contribution in [0.3, 0.4) is 0 Å². The van der Waals surface area contributed by atoms with E-state index in [0.29, 0.717) is 12.1 Å². The van der Waals surface area contributed by atoms with E-state index in [1.54, 1.807) is 0 Å². The molecule has 0 spiro atoms. The second-order valence-electron chi connectivity index (χ2n) is 5.36. The van der Waals surface area contributed by atoms with E-state index in [-0.39, 0.29) is 11.1 Å². The van der Waals surface area contributed by atoms with Gasteiger partial charge in [0.15, 0.2) is 0 Å². The average molecular weight is 350 g/mol. The van der Waals surface area contributed by atoms with Gasteiger partial charge in [0.2, 0.25) is 0 Å². The van der Waals surface area contributed by atoms with Gasteiger partial charge in [-0.15, -0.1) is 0 Å². The van der Waals surface area contributed by atoms with E-state index in [4.69, 9.17) is 0 Å². The molecule has 2 aromatic rings. The number of rotatable bonds is 1. The number of alkyl halides is 6. The first-order valence-electron chi connectivity index (χ1n) is 6.64. The van der Waals surface area contributed by atoms with Gasteiger partial charge in [-0.05, 0) is 60.4 Å². The topological polar surface area (TPSA) is 40.5 Å². The van der Waals surface area contributed by atoms with Crippen molar-refractivity contribution < 1.29 is 36.6 Å². The first-order chi connectivity index (χ1) is 10.8. The van der Waals surface area contributed by atoms with Crippen molar-refractivity contribution in [3.8, 4) is 22.6 Å². The van der Waals surface area contributed by atoms with Gasteiger partial charge in [0.25, 0.3) is 0 Å². The number of aryl methyl sites for hydroxylation is 2. The first kappa shape index (κ1) is 18.0. The minimum absolute atomic E-state index is 0.00291. The molecule has 0 fully saturated rings.